The number of carboxylic acid groups (broad SMARTS) is 1. The Hall–Kier alpha value is -1.47. The van der Waals surface area contributed by atoms with Crippen molar-refractivity contribution < 1.29 is 14.7 Å². The first-order valence-corrected chi connectivity index (χ1v) is 8.82. The van der Waals surface area contributed by atoms with Gasteiger partial charge < -0.3 is 10.4 Å². The molecule has 2 aromatic rings. The van der Waals surface area contributed by atoms with E-state index in [0.717, 1.165) is 16.2 Å². The van der Waals surface area contributed by atoms with Crippen LogP contribution in [0.1, 0.15) is 27.9 Å². The van der Waals surface area contributed by atoms with Crippen LogP contribution in [0.15, 0.2) is 36.4 Å². The molecular weight excluding hydrogens is 364 g/mol. The predicted octanol–water partition coefficient (Wildman–Crippen LogP) is 2.29. The van der Waals surface area contributed by atoms with Crippen LogP contribution in [-0.4, -0.2) is 17.0 Å². The first-order chi connectivity index (χ1) is 11.3. The number of aliphatic carboxylic acids is 1. The van der Waals surface area contributed by atoms with Gasteiger partial charge in [0.05, 0.1) is 0 Å². The van der Waals surface area contributed by atoms with E-state index in [0.29, 0.717) is 22.7 Å². The number of hydrogen-bond donors (Lipinski definition) is 2. The van der Waals surface area contributed by atoms with Gasteiger partial charge in [0.25, 0.3) is 5.91 Å². The van der Waals surface area contributed by atoms with Gasteiger partial charge in [0.1, 0.15) is 0 Å². The Morgan fingerprint density at radius 1 is 1.08 bits per heavy atom. The molecule has 0 heterocycles. The monoisotopic (exact) mass is 381 g/mol. The number of hydrogen-bond acceptors (Lipinski definition) is 2. The summed E-state index contributed by atoms with van der Waals surface area (Å²) in [6.07, 6.45) is 0.210. The number of halogens is 1. The van der Waals surface area contributed by atoms with Crippen LogP contribution in [0, 0.1) is 0 Å². The fourth-order valence-electron chi connectivity index (χ4n) is 2.36. The van der Waals surface area contributed by atoms with E-state index < -0.39 is 5.97 Å². The lowest BCUT2D eigenvalue weighted by Crippen LogP contribution is -2.25. The third-order valence-electron chi connectivity index (χ3n) is 3.41. The van der Waals surface area contributed by atoms with Crippen LogP contribution in [-0.2, 0) is 17.8 Å². The summed E-state index contributed by atoms with van der Waals surface area (Å²) >= 11 is 5.96. The normalized spacial score (nSPS) is 10.5. The Bertz CT molecular complexity index is 760. The first kappa shape index (κ1) is 18.9. The van der Waals surface area contributed by atoms with Crippen molar-refractivity contribution in [1.29, 1.82) is 0 Å². The van der Waals surface area contributed by atoms with Gasteiger partial charge in [0.15, 0.2) is 0 Å². The number of nitrogens with one attached hydrogen (secondary N) is 1. The number of carbonyl (C=O) groups excluding carboxylic acids is 1. The smallest absolute Gasteiger partial charge is 0.303 e. The molecule has 0 aromatic heterocycles. The van der Waals surface area contributed by atoms with Gasteiger partial charge in [0.2, 0.25) is 0 Å². The van der Waals surface area contributed by atoms with Gasteiger partial charge in [-0.05, 0) is 52.4 Å². The average Bonchev–Trinajstić information content (AvgIpc) is 2.49. The number of benzene rings is 2. The van der Waals surface area contributed by atoms with Crippen LogP contribution in [0.2, 0.25) is 5.02 Å². The summed E-state index contributed by atoms with van der Waals surface area (Å²) < 4.78 is 0. The molecule has 0 fully saturated rings. The Kier molecular flexibility index (Phi) is 6.74. The summed E-state index contributed by atoms with van der Waals surface area (Å²) in [5.74, 6) is -1.15. The molecule has 0 aliphatic rings. The van der Waals surface area contributed by atoms with Gasteiger partial charge in [-0.15, -0.1) is 18.5 Å². The van der Waals surface area contributed by atoms with Crippen LogP contribution in [0.3, 0.4) is 0 Å². The largest absolute Gasteiger partial charge is 0.481 e. The number of aryl methyl sites for hydroxylation is 1. The summed E-state index contributed by atoms with van der Waals surface area (Å²) in [5, 5.41) is 14.3. The van der Waals surface area contributed by atoms with E-state index in [1.165, 1.54) is 0 Å². The minimum atomic E-state index is -0.911. The van der Waals surface area contributed by atoms with E-state index in [-0.39, 0.29) is 18.7 Å². The third kappa shape index (κ3) is 5.56. The molecule has 0 radical (unpaired) electrons. The number of carboxylic acids is 1. The van der Waals surface area contributed by atoms with Crippen LogP contribution in [0.25, 0.3) is 0 Å². The highest BCUT2D eigenvalue weighted by molar-refractivity contribution is 7.29. The highest BCUT2D eigenvalue weighted by Gasteiger charge is 2.13. The fourth-order valence-corrected chi connectivity index (χ4v) is 3.56. The third-order valence-corrected chi connectivity index (χ3v) is 4.31. The highest BCUT2D eigenvalue weighted by Crippen LogP contribution is 2.18. The van der Waals surface area contributed by atoms with E-state index >= 15 is 0 Å². The van der Waals surface area contributed by atoms with Crippen molar-refractivity contribution in [3.05, 3.63) is 58.1 Å². The molecule has 24 heavy (non-hydrogen) atoms. The Labute approximate surface area is 150 Å². The lowest BCUT2D eigenvalue weighted by atomic mass is 10.0. The molecule has 0 spiro atoms. The summed E-state index contributed by atoms with van der Waals surface area (Å²) in [5.41, 5.74) is 2.07. The minimum Gasteiger partial charge on any atom is -0.481 e. The molecule has 126 valence electrons. The van der Waals surface area contributed by atoms with Crippen molar-refractivity contribution in [3.63, 3.8) is 0 Å². The molecule has 2 atom stereocenters. The standard InChI is InChI=1S/C17H18ClNO3P2/c18-12-2-3-15(11(7-12)1-4-16(20)21)17(22)19-9-10-5-13(23)8-14(24)6-10/h2-3,5-8H,1,4,9,23-24H2,(H,19,22)(H,20,21). The summed E-state index contributed by atoms with van der Waals surface area (Å²) in [4.78, 5) is 23.2. The van der Waals surface area contributed by atoms with E-state index in [9.17, 15) is 9.59 Å². The zero-order valence-corrected chi connectivity index (χ0v) is 15.9. The molecule has 0 saturated heterocycles. The lowest BCUT2D eigenvalue weighted by Gasteiger charge is -2.11. The van der Waals surface area contributed by atoms with Crippen LogP contribution in [0.4, 0.5) is 0 Å². The van der Waals surface area contributed by atoms with Gasteiger partial charge >= 0.3 is 5.97 Å². The molecule has 2 rings (SSSR count). The maximum atomic E-state index is 12.5. The number of rotatable bonds is 6. The number of carbonyl (C=O) groups is 2. The zero-order chi connectivity index (χ0) is 17.7. The van der Waals surface area contributed by atoms with E-state index in [4.69, 9.17) is 16.7 Å². The second-order valence-corrected chi connectivity index (χ2v) is 7.16. The molecule has 7 heteroatoms. The van der Waals surface area contributed by atoms with Crippen LogP contribution < -0.4 is 15.9 Å². The SMILES string of the molecule is O=C(O)CCc1cc(Cl)ccc1C(=O)NCc1cc(P)cc(P)c1. The van der Waals surface area contributed by atoms with Crippen molar-refractivity contribution in [2.75, 3.05) is 0 Å². The van der Waals surface area contributed by atoms with E-state index in [1.807, 2.05) is 18.2 Å². The molecule has 2 aromatic carbocycles. The molecule has 1 amide bonds. The second-order valence-electron chi connectivity index (χ2n) is 5.39. The zero-order valence-electron chi connectivity index (χ0n) is 12.9. The molecule has 0 aliphatic carbocycles. The quantitative estimate of drug-likeness (QED) is 0.755. The molecule has 0 bridgehead atoms. The maximum absolute atomic E-state index is 12.5. The lowest BCUT2D eigenvalue weighted by molar-refractivity contribution is -0.136. The van der Waals surface area contributed by atoms with Crippen molar-refractivity contribution >= 4 is 52.6 Å². The second kappa shape index (κ2) is 8.58. The van der Waals surface area contributed by atoms with Crippen molar-refractivity contribution in [3.8, 4) is 0 Å². The first-order valence-electron chi connectivity index (χ1n) is 7.28. The topological polar surface area (TPSA) is 66.4 Å². The Morgan fingerprint density at radius 2 is 1.75 bits per heavy atom. The van der Waals surface area contributed by atoms with Gasteiger partial charge in [0, 0.05) is 23.6 Å². The summed E-state index contributed by atoms with van der Waals surface area (Å²) in [6, 6.07) is 10.9. The highest BCUT2D eigenvalue weighted by atomic mass is 35.5. The maximum Gasteiger partial charge on any atom is 0.303 e. The van der Waals surface area contributed by atoms with Gasteiger partial charge in [-0.2, -0.15) is 0 Å². The van der Waals surface area contributed by atoms with Crippen LogP contribution >= 0.6 is 30.1 Å². The van der Waals surface area contributed by atoms with E-state index in [2.05, 4.69) is 23.8 Å². The fraction of sp³-hybridized carbons (Fsp3) is 0.176. The number of amides is 1. The Balaban J connectivity index is 2.12. The molecule has 0 saturated carbocycles. The summed E-state index contributed by atoms with van der Waals surface area (Å²) in [7, 11) is 5.27. The minimum absolute atomic E-state index is 0.0495. The predicted molar refractivity (Wildman–Crippen MR) is 104 cm³/mol. The molecule has 2 unspecified atom stereocenters. The molecular formula is C17H18ClNO3P2. The van der Waals surface area contributed by atoms with Gasteiger partial charge in [-0.25, -0.2) is 0 Å². The molecule has 4 nitrogen and oxygen atoms in total. The summed E-state index contributed by atoms with van der Waals surface area (Å²) in [6.45, 7) is 0.392. The average molecular weight is 382 g/mol. The van der Waals surface area contributed by atoms with Crippen LogP contribution in [0.5, 0.6) is 0 Å². The van der Waals surface area contributed by atoms with Crippen molar-refractivity contribution in [2.24, 2.45) is 0 Å². The van der Waals surface area contributed by atoms with Gasteiger partial charge in [-0.3, -0.25) is 9.59 Å². The molecule has 0 aliphatic heterocycles. The van der Waals surface area contributed by atoms with Gasteiger partial charge in [-0.1, -0.05) is 23.7 Å². The Morgan fingerprint density at radius 3 is 2.38 bits per heavy atom. The van der Waals surface area contributed by atoms with Crippen molar-refractivity contribution in [1.82, 2.24) is 5.32 Å². The molecule has 2 N–H and O–H groups in total. The van der Waals surface area contributed by atoms with Crippen molar-refractivity contribution in [2.45, 2.75) is 19.4 Å². The van der Waals surface area contributed by atoms with E-state index in [1.54, 1.807) is 18.2 Å².